The molecule has 0 fully saturated rings. The van der Waals surface area contributed by atoms with Gasteiger partial charge in [0.15, 0.2) is 0 Å². The van der Waals surface area contributed by atoms with Crippen molar-refractivity contribution in [3.63, 3.8) is 0 Å². The zero-order chi connectivity index (χ0) is 18.0. The van der Waals surface area contributed by atoms with Crippen LogP contribution in [0.5, 0.6) is 5.75 Å². The van der Waals surface area contributed by atoms with Crippen LogP contribution in [0.15, 0.2) is 34.8 Å². The average molecular weight is 442 g/mol. The predicted octanol–water partition coefficient (Wildman–Crippen LogP) is 6.19. The molecule has 0 aliphatic carbocycles. The molecule has 0 aliphatic heterocycles. The average Bonchev–Trinajstić information content (AvgIpc) is 2.97. The highest BCUT2D eigenvalue weighted by Gasteiger charge is 2.19. The van der Waals surface area contributed by atoms with Crippen LogP contribution in [-0.4, -0.2) is 18.6 Å². The third-order valence-corrected chi connectivity index (χ3v) is 5.58. The normalized spacial score (nSPS) is 11.2. The van der Waals surface area contributed by atoms with Crippen LogP contribution in [-0.2, 0) is 6.42 Å². The molecule has 3 N–H and O–H groups in total. The van der Waals surface area contributed by atoms with Gasteiger partial charge in [0.05, 0.1) is 28.4 Å². The van der Waals surface area contributed by atoms with Crippen molar-refractivity contribution >= 4 is 50.0 Å². The molecular formula is C19H19BrCl2N2O. The number of halogens is 3. The molecule has 0 radical (unpaired) electrons. The van der Waals surface area contributed by atoms with Crippen molar-refractivity contribution in [2.45, 2.75) is 19.3 Å². The number of methoxy groups -OCH3 is 1. The summed E-state index contributed by atoms with van der Waals surface area (Å²) >= 11 is 16.2. The first-order valence-corrected chi connectivity index (χ1v) is 9.64. The lowest BCUT2D eigenvalue weighted by molar-refractivity contribution is 0.416. The van der Waals surface area contributed by atoms with Gasteiger partial charge in [0, 0.05) is 15.4 Å². The number of benzene rings is 2. The van der Waals surface area contributed by atoms with E-state index in [1.165, 1.54) is 5.56 Å². The second-order valence-corrected chi connectivity index (χ2v) is 7.55. The van der Waals surface area contributed by atoms with Crippen molar-refractivity contribution in [2.75, 3.05) is 13.7 Å². The second-order valence-electron chi connectivity index (χ2n) is 5.85. The quantitative estimate of drug-likeness (QED) is 0.447. The maximum atomic E-state index is 6.44. The summed E-state index contributed by atoms with van der Waals surface area (Å²) in [5.41, 5.74) is 9.73. The lowest BCUT2D eigenvalue weighted by atomic mass is 10.00. The molecule has 6 heteroatoms. The first kappa shape index (κ1) is 18.6. The van der Waals surface area contributed by atoms with Gasteiger partial charge < -0.3 is 15.5 Å². The van der Waals surface area contributed by atoms with E-state index in [9.17, 15) is 0 Å². The smallest absolute Gasteiger partial charge is 0.128 e. The Morgan fingerprint density at radius 3 is 2.68 bits per heavy atom. The van der Waals surface area contributed by atoms with E-state index in [2.05, 4.69) is 20.9 Å². The topological polar surface area (TPSA) is 51.0 Å². The summed E-state index contributed by atoms with van der Waals surface area (Å²) in [5.74, 6) is 0.803. The predicted molar refractivity (Wildman–Crippen MR) is 110 cm³/mol. The Bertz CT molecular complexity index is 908. The van der Waals surface area contributed by atoms with Crippen molar-refractivity contribution in [1.29, 1.82) is 0 Å². The number of rotatable bonds is 6. The molecule has 0 saturated carbocycles. The summed E-state index contributed by atoms with van der Waals surface area (Å²) in [6.07, 6.45) is 2.89. The Labute approximate surface area is 165 Å². The maximum Gasteiger partial charge on any atom is 0.128 e. The lowest BCUT2D eigenvalue weighted by Crippen LogP contribution is -1.99. The van der Waals surface area contributed by atoms with Crippen LogP contribution < -0.4 is 10.5 Å². The van der Waals surface area contributed by atoms with Gasteiger partial charge in [-0.1, -0.05) is 45.2 Å². The highest BCUT2D eigenvalue weighted by molar-refractivity contribution is 9.10. The minimum atomic E-state index is 0.539. The first-order valence-electron chi connectivity index (χ1n) is 8.09. The molecule has 0 atom stereocenters. The Hall–Kier alpha value is -1.20. The van der Waals surface area contributed by atoms with E-state index in [0.29, 0.717) is 16.6 Å². The SMILES string of the molecule is COc1ccc(Br)cc1-c1[nH]c2c(Cl)c(Cl)ccc2c1CCCCN. The Balaban J connectivity index is 2.24. The molecule has 3 aromatic rings. The van der Waals surface area contributed by atoms with Crippen LogP contribution in [0, 0.1) is 0 Å². The van der Waals surface area contributed by atoms with Crippen molar-refractivity contribution in [3.05, 3.63) is 50.4 Å². The van der Waals surface area contributed by atoms with Gasteiger partial charge >= 0.3 is 0 Å². The van der Waals surface area contributed by atoms with Crippen LogP contribution >= 0.6 is 39.1 Å². The van der Waals surface area contributed by atoms with E-state index >= 15 is 0 Å². The van der Waals surface area contributed by atoms with Gasteiger partial charge in [0.25, 0.3) is 0 Å². The molecule has 0 bridgehead atoms. The number of unbranched alkanes of at least 4 members (excludes halogenated alkanes) is 1. The van der Waals surface area contributed by atoms with Gasteiger partial charge in [-0.3, -0.25) is 0 Å². The van der Waals surface area contributed by atoms with Gasteiger partial charge in [-0.05, 0) is 55.6 Å². The van der Waals surface area contributed by atoms with E-state index in [1.807, 2.05) is 30.3 Å². The number of H-pyrrole nitrogens is 1. The number of ether oxygens (including phenoxy) is 1. The monoisotopic (exact) mass is 440 g/mol. The number of aromatic nitrogens is 1. The molecule has 0 aliphatic rings. The van der Waals surface area contributed by atoms with Gasteiger partial charge in [-0.25, -0.2) is 0 Å². The number of hydrogen-bond donors (Lipinski definition) is 2. The summed E-state index contributed by atoms with van der Waals surface area (Å²) in [6.45, 7) is 0.685. The molecule has 132 valence electrons. The molecule has 2 aromatic carbocycles. The molecule has 3 nitrogen and oxygen atoms in total. The third-order valence-electron chi connectivity index (χ3n) is 4.28. The van der Waals surface area contributed by atoms with Gasteiger partial charge in [0.2, 0.25) is 0 Å². The number of fused-ring (bicyclic) bond motifs is 1. The second kappa shape index (κ2) is 8.00. The van der Waals surface area contributed by atoms with Crippen LogP contribution in [0.4, 0.5) is 0 Å². The molecule has 3 rings (SSSR count). The minimum Gasteiger partial charge on any atom is -0.496 e. The molecule has 25 heavy (non-hydrogen) atoms. The number of nitrogens with one attached hydrogen (secondary N) is 1. The molecule has 0 amide bonds. The molecule has 0 spiro atoms. The number of aromatic amines is 1. The summed E-state index contributed by atoms with van der Waals surface area (Å²) in [5, 5.41) is 2.17. The van der Waals surface area contributed by atoms with Crippen LogP contribution in [0.25, 0.3) is 22.2 Å². The largest absolute Gasteiger partial charge is 0.496 e. The van der Waals surface area contributed by atoms with Gasteiger partial charge in [-0.2, -0.15) is 0 Å². The molecule has 1 aromatic heterocycles. The zero-order valence-electron chi connectivity index (χ0n) is 13.8. The fourth-order valence-corrected chi connectivity index (χ4v) is 3.80. The number of hydrogen-bond acceptors (Lipinski definition) is 2. The Kier molecular flexibility index (Phi) is 5.95. The molecule has 1 heterocycles. The molecule has 0 unspecified atom stereocenters. The lowest BCUT2D eigenvalue weighted by Gasteiger charge is -2.10. The van der Waals surface area contributed by atoms with E-state index in [1.54, 1.807) is 7.11 Å². The highest BCUT2D eigenvalue weighted by Crippen LogP contribution is 2.41. The van der Waals surface area contributed by atoms with Crippen LogP contribution in [0.1, 0.15) is 18.4 Å². The van der Waals surface area contributed by atoms with Crippen molar-refractivity contribution in [1.82, 2.24) is 4.98 Å². The fraction of sp³-hybridized carbons (Fsp3) is 0.263. The summed E-state index contributed by atoms with van der Waals surface area (Å²) < 4.78 is 6.55. The van der Waals surface area contributed by atoms with E-state index in [0.717, 1.165) is 51.6 Å². The third kappa shape index (κ3) is 3.68. The van der Waals surface area contributed by atoms with E-state index in [-0.39, 0.29) is 0 Å². The van der Waals surface area contributed by atoms with E-state index in [4.69, 9.17) is 33.7 Å². The molecule has 0 saturated heterocycles. The van der Waals surface area contributed by atoms with Gasteiger partial charge in [0.1, 0.15) is 5.75 Å². The van der Waals surface area contributed by atoms with E-state index < -0.39 is 0 Å². The summed E-state index contributed by atoms with van der Waals surface area (Å²) in [6, 6.07) is 9.82. The first-order chi connectivity index (χ1) is 12.1. The maximum absolute atomic E-state index is 6.44. The van der Waals surface area contributed by atoms with Crippen molar-refractivity contribution < 1.29 is 4.74 Å². The zero-order valence-corrected chi connectivity index (χ0v) is 16.9. The van der Waals surface area contributed by atoms with Crippen LogP contribution in [0.3, 0.4) is 0 Å². The molecular weight excluding hydrogens is 423 g/mol. The number of aryl methyl sites for hydroxylation is 1. The van der Waals surface area contributed by atoms with Crippen molar-refractivity contribution in [3.8, 4) is 17.0 Å². The standard InChI is InChI=1S/C19H19BrCl2N2O/c1-25-16-8-5-11(20)10-14(16)18-12(4-2-3-9-23)13-6-7-15(21)17(22)19(13)24-18/h5-8,10,24H,2-4,9,23H2,1H3. The summed E-state index contributed by atoms with van der Waals surface area (Å²) in [4.78, 5) is 3.47. The van der Waals surface area contributed by atoms with Gasteiger partial charge in [-0.15, -0.1) is 0 Å². The van der Waals surface area contributed by atoms with Crippen molar-refractivity contribution in [2.24, 2.45) is 5.73 Å². The Morgan fingerprint density at radius 1 is 1.16 bits per heavy atom. The Morgan fingerprint density at radius 2 is 1.96 bits per heavy atom. The highest BCUT2D eigenvalue weighted by atomic mass is 79.9. The summed E-state index contributed by atoms with van der Waals surface area (Å²) in [7, 11) is 1.67. The fourth-order valence-electron chi connectivity index (χ4n) is 3.07. The minimum absolute atomic E-state index is 0.539. The number of nitrogens with two attached hydrogens (primary N) is 1. The van der Waals surface area contributed by atoms with Crippen LogP contribution in [0.2, 0.25) is 10.0 Å².